The number of hydrogen-bond donors (Lipinski definition) is 1. The molecule has 0 radical (unpaired) electrons. The molecule has 0 amide bonds. The maximum absolute atomic E-state index is 14.4. The Bertz CT molecular complexity index is 1130. The SMILES string of the molecule is Fc1ccc(F)c(-c2nnc(NC3C[C@@H]4CN(CC5CCOCC5)C[C@@H]4C3)c3sccc23)c1. The fraction of sp³-hybridized carbons (Fsp3) is 0.520. The van der Waals surface area contributed by atoms with E-state index in [1.165, 1.54) is 38.5 Å². The second-order valence-electron chi connectivity index (χ2n) is 9.79. The summed E-state index contributed by atoms with van der Waals surface area (Å²) in [6.07, 6.45) is 4.68. The van der Waals surface area contributed by atoms with E-state index in [-0.39, 0.29) is 5.56 Å². The lowest BCUT2D eigenvalue weighted by Gasteiger charge is -2.27. The normalized spacial score (nSPS) is 26.2. The van der Waals surface area contributed by atoms with Crippen molar-refractivity contribution in [2.75, 3.05) is 38.2 Å². The van der Waals surface area contributed by atoms with Gasteiger partial charge in [0, 0.05) is 49.8 Å². The minimum atomic E-state index is -0.493. The van der Waals surface area contributed by atoms with Crippen molar-refractivity contribution in [2.45, 2.75) is 31.7 Å². The summed E-state index contributed by atoms with van der Waals surface area (Å²) >= 11 is 1.56. The number of benzene rings is 1. The largest absolute Gasteiger partial charge is 0.381 e. The molecule has 3 aromatic rings. The summed E-state index contributed by atoms with van der Waals surface area (Å²) in [6.45, 7) is 5.43. The number of nitrogens with zero attached hydrogens (tertiary/aromatic N) is 3. The molecule has 0 bridgehead atoms. The number of fused-ring (bicyclic) bond motifs is 2. The third kappa shape index (κ3) is 4.24. The minimum Gasteiger partial charge on any atom is -0.381 e. The Hall–Kier alpha value is -2.16. The van der Waals surface area contributed by atoms with Gasteiger partial charge in [0.25, 0.3) is 0 Å². The van der Waals surface area contributed by atoms with E-state index < -0.39 is 11.6 Å². The molecule has 2 aliphatic heterocycles. The summed E-state index contributed by atoms with van der Waals surface area (Å²) in [7, 11) is 0. The molecule has 4 heterocycles. The van der Waals surface area contributed by atoms with Crippen LogP contribution in [0.15, 0.2) is 29.6 Å². The first kappa shape index (κ1) is 21.4. The van der Waals surface area contributed by atoms with E-state index in [2.05, 4.69) is 20.4 Å². The van der Waals surface area contributed by atoms with Crippen molar-refractivity contribution >= 4 is 27.2 Å². The van der Waals surface area contributed by atoms with Crippen LogP contribution in [-0.4, -0.2) is 54.0 Å². The van der Waals surface area contributed by atoms with Gasteiger partial charge in [-0.3, -0.25) is 0 Å². The first-order valence-electron chi connectivity index (χ1n) is 11.9. The van der Waals surface area contributed by atoms with E-state index in [4.69, 9.17) is 4.74 Å². The molecule has 5 nitrogen and oxygen atoms in total. The van der Waals surface area contributed by atoms with Crippen LogP contribution in [0.2, 0.25) is 0 Å². The monoisotopic (exact) mass is 470 g/mol. The van der Waals surface area contributed by atoms with Crippen LogP contribution in [0.25, 0.3) is 21.3 Å². The van der Waals surface area contributed by atoms with Crippen LogP contribution in [0.3, 0.4) is 0 Å². The fourth-order valence-corrected chi connectivity index (χ4v) is 6.85. The predicted molar refractivity (Wildman–Crippen MR) is 126 cm³/mol. The quantitative estimate of drug-likeness (QED) is 0.557. The Morgan fingerprint density at radius 2 is 1.85 bits per heavy atom. The van der Waals surface area contributed by atoms with Crippen LogP contribution >= 0.6 is 11.3 Å². The minimum absolute atomic E-state index is 0.150. The molecule has 8 heteroatoms. The predicted octanol–water partition coefficient (Wildman–Crippen LogP) is 5.19. The van der Waals surface area contributed by atoms with Gasteiger partial charge < -0.3 is 15.0 Å². The van der Waals surface area contributed by atoms with Gasteiger partial charge in [-0.2, -0.15) is 0 Å². The van der Waals surface area contributed by atoms with Crippen LogP contribution < -0.4 is 5.32 Å². The van der Waals surface area contributed by atoms with Crippen molar-refractivity contribution in [3.05, 3.63) is 41.3 Å². The van der Waals surface area contributed by atoms with Gasteiger partial charge in [-0.15, -0.1) is 21.5 Å². The highest BCUT2D eigenvalue weighted by atomic mass is 32.1. The van der Waals surface area contributed by atoms with Gasteiger partial charge in [0.15, 0.2) is 5.82 Å². The Morgan fingerprint density at radius 3 is 2.64 bits per heavy atom. The lowest BCUT2D eigenvalue weighted by atomic mass is 10.00. The maximum Gasteiger partial charge on any atom is 0.166 e. The lowest BCUT2D eigenvalue weighted by Crippen LogP contribution is -2.32. The zero-order valence-electron chi connectivity index (χ0n) is 18.5. The third-order valence-electron chi connectivity index (χ3n) is 7.59. The zero-order valence-corrected chi connectivity index (χ0v) is 19.3. The van der Waals surface area contributed by atoms with E-state index in [0.29, 0.717) is 11.7 Å². The van der Waals surface area contributed by atoms with E-state index in [1.54, 1.807) is 11.3 Å². The Kier molecular flexibility index (Phi) is 5.76. The molecule has 1 saturated carbocycles. The molecule has 0 spiro atoms. The molecule has 3 atom stereocenters. The number of anilines is 1. The van der Waals surface area contributed by atoms with Crippen LogP contribution in [0.5, 0.6) is 0 Å². The second kappa shape index (κ2) is 8.89. The maximum atomic E-state index is 14.4. The Balaban J connectivity index is 1.14. The molecule has 2 saturated heterocycles. The highest BCUT2D eigenvalue weighted by Crippen LogP contribution is 2.41. The van der Waals surface area contributed by atoms with Gasteiger partial charge in [0.1, 0.15) is 17.3 Å². The number of thiophene rings is 1. The van der Waals surface area contributed by atoms with E-state index >= 15 is 0 Å². The number of nitrogens with one attached hydrogen (secondary N) is 1. The van der Waals surface area contributed by atoms with Gasteiger partial charge in [-0.1, -0.05) is 0 Å². The Morgan fingerprint density at radius 1 is 1.06 bits per heavy atom. The van der Waals surface area contributed by atoms with Crippen molar-refractivity contribution < 1.29 is 13.5 Å². The summed E-state index contributed by atoms with van der Waals surface area (Å²) in [5.41, 5.74) is 0.540. The fourth-order valence-electron chi connectivity index (χ4n) is 6.00. The molecule has 1 unspecified atom stereocenters. The first-order valence-corrected chi connectivity index (χ1v) is 12.8. The van der Waals surface area contributed by atoms with Crippen molar-refractivity contribution in [3.63, 3.8) is 0 Å². The van der Waals surface area contributed by atoms with E-state index in [0.717, 1.165) is 71.8 Å². The highest BCUT2D eigenvalue weighted by molar-refractivity contribution is 7.17. The van der Waals surface area contributed by atoms with Crippen molar-refractivity contribution in [1.29, 1.82) is 0 Å². The first-order chi connectivity index (χ1) is 16.1. The van der Waals surface area contributed by atoms with Crippen molar-refractivity contribution in [1.82, 2.24) is 15.1 Å². The third-order valence-corrected chi connectivity index (χ3v) is 8.51. The highest BCUT2D eigenvalue weighted by Gasteiger charge is 2.41. The summed E-state index contributed by atoms with van der Waals surface area (Å²) in [6, 6.07) is 5.74. The van der Waals surface area contributed by atoms with Crippen molar-refractivity contribution in [2.24, 2.45) is 17.8 Å². The number of rotatable bonds is 5. The average Bonchev–Trinajstić information content (AvgIpc) is 3.52. The van der Waals surface area contributed by atoms with Gasteiger partial charge in [0.2, 0.25) is 0 Å². The summed E-state index contributed by atoms with van der Waals surface area (Å²) in [5, 5.41) is 15.1. The summed E-state index contributed by atoms with van der Waals surface area (Å²) in [5.74, 6) is 2.03. The Labute approximate surface area is 196 Å². The van der Waals surface area contributed by atoms with Gasteiger partial charge >= 0.3 is 0 Å². The molecule has 33 heavy (non-hydrogen) atoms. The molecule has 2 aromatic heterocycles. The van der Waals surface area contributed by atoms with Crippen LogP contribution in [0, 0.1) is 29.4 Å². The molecule has 1 N–H and O–H groups in total. The molecule has 1 aliphatic carbocycles. The number of ether oxygens (including phenoxy) is 1. The topological polar surface area (TPSA) is 50.3 Å². The van der Waals surface area contributed by atoms with Gasteiger partial charge in [-0.25, -0.2) is 8.78 Å². The number of aromatic nitrogens is 2. The molecule has 6 rings (SSSR count). The molecule has 3 fully saturated rings. The van der Waals surface area contributed by atoms with Crippen LogP contribution in [-0.2, 0) is 4.74 Å². The van der Waals surface area contributed by atoms with Crippen LogP contribution in [0.4, 0.5) is 14.6 Å². The second-order valence-corrected chi connectivity index (χ2v) is 10.7. The van der Waals surface area contributed by atoms with Gasteiger partial charge in [0.05, 0.1) is 4.70 Å². The molecule has 1 aromatic carbocycles. The molecule has 174 valence electrons. The molecular formula is C25H28F2N4OS. The van der Waals surface area contributed by atoms with Gasteiger partial charge in [-0.05, 0) is 73.1 Å². The summed E-state index contributed by atoms with van der Waals surface area (Å²) < 4.78 is 34.6. The summed E-state index contributed by atoms with van der Waals surface area (Å²) in [4.78, 5) is 2.67. The van der Waals surface area contributed by atoms with E-state index in [1.807, 2.05) is 11.4 Å². The lowest BCUT2D eigenvalue weighted by molar-refractivity contribution is 0.0545. The number of likely N-dealkylation sites (tertiary alicyclic amines) is 1. The average molecular weight is 471 g/mol. The van der Waals surface area contributed by atoms with Crippen LogP contribution in [0.1, 0.15) is 25.7 Å². The molecular weight excluding hydrogens is 442 g/mol. The smallest absolute Gasteiger partial charge is 0.166 e. The van der Waals surface area contributed by atoms with E-state index in [9.17, 15) is 8.78 Å². The zero-order chi connectivity index (χ0) is 22.4. The van der Waals surface area contributed by atoms with Crippen molar-refractivity contribution in [3.8, 4) is 11.3 Å². The standard InChI is InChI=1S/C25H28F2N4OS/c26-18-1-2-22(27)21(11-18)23-20-5-8-33-24(20)25(30-29-23)28-19-9-16-13-31(14-17(16)10-19)12-15-3-6-32-7-4-15/h1-2,5,8,11,15-17,19H,3-4,6-7,9-10,12-14H2,(H,28,30)/t16-,17+,19?. The molecule has 3 aliphatic rings. The number of hydrogen-bond acceptors (Lipinski definition) is 6. The number of halogens is 2.